The maximum Gasteiger partial charge on any atom is 0.182 e. The highest BCUT2D eigenvalue weighted by Gasteiger charge is 2.31. The minimum atomic E-state index is -3.39. The zero-order valence-electron chi connectivity index (χ0n) is 12.6. The fourth-order valence-electron chi connectivity index (χ4n) is 3.08. The third-order valence-corrected chi connectivity index (χ3v) is 4.90. The molecule has 2 N–H and O–H groups in total. The van der Waals surface area contributed by atoms with Crippen LogP contribution in [-0.2, 0) is 16.4 Å². The van der Waals surface area contributed by atoms with Crippen LogP contribution in [0, 0.1) is 11.8 Å². The molecule has 0 bridgehead atoms. The van der Waals surface area contributed by atoms with Crippen LogP contribution in [0.25, 0.3) is 0 Å². The third kappa shape index (κ3) is 2.77. The minimum absolute atomic E-state index is 0.181. The minimum Gasteiger partial charge on any atom is -0.383 e. The Morgan fingerprint density at radius 2 is 1.85 bits per heavy atom. The van der Waals surface area contributed by atoms with Gasteiger partial charge in [-0.15, -0.1) is 0 Å². The summed E-state index contributed by atoms with van der Waals surface area (Å²) in [6.45, 7) is 8.49. The summed E-state index contributed by atoms with van der Waals surface area (Å²) in [7, 11) is -3.39. The molecule has 2 heterocycles. The van der Waals surface area contributed by atoms with Gasteiger partial charge in [0.2, 0.25) is 0 Å². The van der Waals surface area contributed by atoms with Crippen molar-refractivity contribution in [1.82, 2.24) is 9.78 Å². The van der Waals surface area contributed by atoms with Gasteiger partial charge >= 0.3 is 0 Å². The lowest BCUT2D eigenvalue weighted by Crippen LogP contribution is -2.39. The van der Waals surface area contributed by atoms with Crippen LogP contribution >= 0.6 is 0 Å². The lowest BCUT2D eigenvalue weighted by atomic mass is 9.92. The second kappa shape index (κ2) is 5.27. The molecule has 2 unspecified atom stereocenters. The number of sulfone groups is 1. The normalized spacial score (nSPS) is 24.1. The molecule has 20 heavy (non-hydrogen) atoms. The molecule has 6 nitrogen and oxygen atoms in total. The first kappa shape index (κ1) is 15.2. The van der Waals surface area contributed by atoms with E-state index >= 15 is 0 Å². The maximum atomic E-state index is 12.0. The van der Waals surface area contributed by atoms with Crippen molar-refractivity contribution in [2.45, 2.75) is 38.6 Å². The van der Waals surface area contributed by atoms with Gasteiger partial charge in [0.25, 0.3) is 0 Å². The predicted octanol–water partition coefficient (Wildman–Crippen LogP) is 1.37. The average Bonchev–Trinajstić information content (AvgIpc) is 2.64. The van der Waals surface area contributed by atoms with Crippen LogP contribution in [0.15, 0.2) is 4.90 Å². The number of piperidine rings is 1. The van der Waals surface area contributed by atoms with Crippen molar-refractivity contribution in [2.75, 3.05) is 30.0 Å². The molecule has 0 aromatic carbocycles. The van der Waals surface area contributed by atoms with Crippen LogP contribution in [0.3, 0.4) is 0 Å². The molecule has 1 aliphatic rings. The van der Waals surface area contributed by atoms with Gasteiger partial charge < -0.3 is 10.6 Å². The summed E-state index contributed by atoms with van der Waals surface area (Å²) in [5, 5.41) is 4.43. The van der Waals surface area contributed by atoms with Crippen LogP contribution in [0.1, 0.15) is 27.2 Å². The lowest BCUT2D eigenvalue weighted by Gasteiger charge is -2.35. The van der Waals surface area contributed by atoms with Gasteiger partial charge in [-0.25, -0.2) is 13.1 Å². The number of hydrogen-bond acceptors (Lipinski definition) is 5. The molecule has 2 atom stereocenters. The van der Waals surface area contributed by atoms with Crippen molar-refractivity contribution in [3.05, 3.63) is 0 Å². The van der Waals surface area contributed by atoms with E-state index in [1.807, 2.05) is 6.92 Å². The van der Waals surface area contributed by atoms with Gasteiger partial charge in [0.15, 0.2) is 20.6 Å². The van der Waals surface area contributed by atoms with Crippen LogP contribution in [0.5, 0.6) is 0 Å². The maximum absolute atomic E-state index is 12.0. The smallest absolute Gasteiger partial charge is 0.182 e. The van der Waals surface area contributed by atoms with Gasteiger partial charge in [-0.1, -0.05) is 13.8 Å². The monoisotopic (exact) mass is 300 g/mol. The van der Waals surface area contributed by atoms with E-state index in [2.05, 4.69) is 23.8 Å². The van der Waals surface area contributed by atoms with Crippen molar-refractivity contribution < 1.29 is 8.42 Å². The van der Waals surface area contributed by atoms with Crippen molar-refractivity contribution in [3.63, 3.8) is 0 Å². The fourth-order valence-corrected chi connectivity index (χ4v) is 4.07. The van der Waals surface area contributed by atoms with E-state index in [1.165, 1.54) is 6.26 Å². The molecular weight excluding hydrogens is 276 g/mol. The molecule has 7 heteroatoms. The number of hydrogen-bond donors (Lipinski definition) is 1. The van der Waals surface area contributed by atoms with Crippen LogP contribution in [-0.4, -0.2) is 37.5 Å². The zero-order valence-corrected chi connectivity index (χ0v) is 13.4. The molecule has 1 fully saturated rings. The number of nitrogens with zero attached hydrogens (tertiary/aromatic N) is 3. The zero-order chi connectivity index (χ0) is 15.1. The highest BCUT2D eigenvalue weighted by atomic mass is 32.2. The van der Waals surface area contributed by atoms with Crippen LogP contribution in [0.2, 0.25) is 0 Å². The quantitative estimate of drug-likeness (QED) is 0.912. The van der Waals surface area contributed by atoms with Crippen LogP contribution < -0.4 is 10.6 Å². The first-order valence-corrected chi connectivity index (χ1v) is 8.94. The van der Waals surface area contributed by atoms with Gasteiger partial charge in [0, 0.05) is 25.9 Å². The van der Waals surface area contributed by atoms with Crippen molar-refractivity contribution in [3.8, 4) is 0 Å². The van der Waals surface area contributed by atoms with E-state index in [0.717, 1.165) is 19.5 Å². The van der Waals surface area contributed by atoms with Gasteiger partial charge in [-0.3, -0.25) is 0 Å². The van der Waals surface area contributed by atoms with Crippen LogP contribution in [0.4, 0.5) is 11.6 Å². The summed E-state index contributed by atoms with van der Waals surface area (Å²) in [6.07, 6.45) is 2.36. The molecule has 0 amide bonds. The second-order valence-electron chi connectivity index (χ2n) is 5.98. The Labute approximate surface area is 120 Å². The fraction of sp³-hybridized carbons (Fsp3) is 0.769. The average molecular weight is 300 g/mol. The Balaban J connectivity index is 2.50. The second-order valence-corrected chi connectivity index (χ2v) is 7.93. The Kier molecular flexibility index (Phi) is 4.00. The summed E-state index contributed by atoms with van der Waals surface area (Å²) in [4.78, 5) is 2.25. The van der Waals surface area contributed by atoms with E-state index in [0.29, 0.717) is 24.2 Å². The summed E-state index contributed by atoms with van der Waals surface area (Å²) < 4.78 is 25.7. The Hall–Kier alpha value is -1.24. The molecule has 1 saturated heterocycles. The molecule has 1 aromatic heterocycles. The first-order valence-electron chi connectivity index (χ1n) is 7.05. The molecule has 1 aliphatic heterocycles. The number of anilines is 2. The summed E-state index contributed by atoms with van der Waals surface area (Å²) in [5.41, 5.74) is 5.97. The van der Waals surface area contributed by atoms with Crippen molar-refractivity contribution >= 4 is 21.5 Å². The van der Waals surface area contributed by atoms with Gasteiger partial charge in [0.1, 0.15) is 5.82 Å². The van der Waals surface area contributed by atoms with E-state index in [1.54, 1.807) is 4.68 Å². The lowest BCUT2D eigenvalue weighted by molar-refractivity contribution is 0.353. The van der Waals surface area contributed by atoms with Crippen molar-refractivity contribution in [1.29, 1.82) is 0 Å². The van der Waals surface area contributed by atoms with Crippen molar-refractivity contribution in [2.24, 2.45) is 11.8 Å². The van der Waals surface area contributed by atoms with Gasteiger partial charge in [-0.2, -0.15) is 5.10 Å². The molecular formula is C13H24N4O2S. The number of rotatable bonds is 3. The summed E-state index contributed by atoms with van der Waals surface area (Å²) in [6, 6.07) is 0. The number of nitrogen functional groups attached to an aromatic ring is 1. The molecule has 1 aromatic rings. The third-order valence-electron chi connectivity index (χ3n) is 3.77. The molecule has 0 radical (unpaired) electrons. The highest BCUT2D eigenvalue weighted by Crippen LogP contribution is 2.33. The van der Waals surface area contributed by atoms with E-state index in [4.69, 9.17) is 5.73 Å². The number of aromatic nitrogens is 2. The number of aryl methyl sites for hydroxylation is 1. The first-order chi connectivity index (χ1) is 9.24. The Morgan fingerprint density at radius 1 is 1.30 bits per heavy atom. The van der Waals surface area contributed by atoms with Gasteiger partial charge in [0.05, 0.1) is 0 Å². The molecule has 0 aliphatic carbocycles. The van der Waals surface area contributed by atoms with E-state index < -0.39 is 9.84 Å². The molecule has 0 saturated carbocycles. The molecule has 114 valence electrons. The topological polar surface area (TPSA) is 81.2 Å². The predicted molar refractivity (Wildman–Crippen MR) is 80.6 cm³/mol. The van der Waals surface area contributed by atoms with Gasteiger partial charge in [-0.05, 0) is 25.2 Å². The van der Waals surface area contributed by atoms with E-state index in [-0.39, 0.29) is 10.7 Å². The highest BCUT2D eigenvalue weighted by molar-refractivity contribution is 7.91. The Morgan fingerprint density at radius 3 is 2.30 bits per heavy atom. The SMILES string of the molecule is CCn1nc(N2CC(C)CC(C)C2)c(S(C)(=O)=O)c1N. The van der Waals surface area contributed by atoms with E-state index in [9.17, 15) is 8.42 Å². The largest absolute Gasteiger partial charge is 0.383 e. The standard InChI is InChI=1S/C13H24N4O2S/c1-5-17-12(14)11(20(4,18)19)13(15-17)16-7-9(2)6-10(3)8-16/h9-10H,5-8,14H2,1-4H3. The summed E-state index contributed by atoms with van der Waals surface area (Å²) >= 11 is 0. The molecule has 0 spiro atoms. The molecule has 2 rings (SSSR count). The Bertz CT molecular complexity index is 584. The number of nitrogens with two attached hydrogens (primary N) is 1. The summed E-state index contributed by atoms with van der Waals surface area (Å²) in [5.74, 6) is 1.82.